The summed E-state index contributed by atoms with van der Waals surface area (Å²) in [7, 11) is 0. The maximum Gasteiger partial charge on any atom is 0.163 e. The van der Waals surface area contributed by atoms with Crippen LogP contribution in [0.15, 0.2) is 18.2 Å². The average molecular weight is 317 g/mol. The minimum Gasteiger partial charge on any atom is -0.344 e. The number of fused-ring (bicyclic) bond motifs is 6. The molecule has 3 aliphatic rings. The molecule has 0 amide bonds. The number of aromatic nitrogens is 2. The average Bonchev–Trinajstić information content (AvgIpc) is 3.18. The Morgan fingerprint density at radius 1 is 1.35 bits per heavy atom. The number of piperidine rings is 1. The van der Waals surface area contributed by atoms with Crippen molar-refractivity contribution in [2.75, 3.05) is 6.54 Å². The molecule has 3 heterocycles. The number of H-pyrrole nitrogens is 1. The number of imidazole rings is 1. The fourth-order valence-electron chi connectivity index (χ4n) is 4.53. The highest BCUT2D eigenvalue weighted by molar-refractivity contribution is 5.75. The van der Waals surface area contributed by atoms with Crippen molar-refractivity contribution in [2.24, 2.45) is 5.92 Å². The number of para-hydroxylation sites is 1. The van der Waals surface area contributed by atoms with Crippen molar-refractivity contribution in [1.82, 2.24) is 14.9 Å². The van der Waals surface area contributed by atoms with Gasteiger partial charge < -0.3 is 14.5 Å². The van der Waals surface area contributed by atoms with Gasteiger partial charge in [-0.05, 0) is 32.4 Å². The van der Waals surface area contributed by atoms with E-state index in [1.54, 1.807) is 6.07 Å². The Labute approximate surface area is 133 Å². The number of rotatable bonds is 2. The van der Waals surface area contributed by atoms with Gasteiger partial charge in [-0.1, -0.05) is 6.07 Å². The van der Waals surface area contributed by atoms with E-state index < -0.39 is 5.79 Å². The maximum absolute atomic E-state index is 13.8. The minimum atomic E-state index is -0.481. The second kappa shape index (κ2) is 4.53. The Morgan fingerprint density at radius 2 is 2.17 bits per heavy atom. The number of likely N-dealkylation sites (tertiary alicyclic amines) is 1. The second-order valence-electron chi connectivity index (χ2n) is 7.38. The molecule has 2 aromatic rings. The first kappa shape index (κ1) is 13.9. The highest BCUT2D eigenvalue weighted by atomic mass is 19.1. The number of hydrogen-bond acceptors (Lipinski definition) is 4. The Kier molecular flexibility index (Phi) is 2.73. The van der Waals surface area contributed by atoms with E-state index in [0.717, 1.165) is 24.3 Å². The zero-order valence-electron chi connectivity index (χ0n) is 13.3. The highest BCUT2D eigenvalue weighted by Gasteiger charge is 2.59. The quantitative estimate of drug-likeness (QED) is 0.924. The molecule has 1 N–H and O–H groups in total. The Bertz CT molecular complexity index is 774. The van der Waals surface area contributed by atoms with Crippen LogP contribution in [0.4, 0.5) is 4.39 Å². The summed E-state index contributed by atoms with van der Waals surface area (Å²) in [6.07, 6.45) is 1.48. The molecule has 1 saturated carbocycles. The third kappa shape index (κ3) is 2.05. The fourth-order valence-corrected chi connectivity index (χ4v) is 4.53. The Morgan fingerprint density at radius 3 is 3.00 bits per heavy atom. The van der Waals surface area contributed by atoms with Gasteiger partial charge in [0.2, 0.25) is 0 Å². The van der Waals surface area contributed by atoms with E-state index in [9.17, 15) is 4.39 Å². The van der Waals surface area contributed by atoms with E-state index in [2.05, 4.69) is 14.9 Å². The van der Waals surface area contributed by atoms with Crippen molar-refractivity contribution in [3.8, 4) is 0 Å². The number of nitrogens with one attached hydrogen (secondary N) is 1. The second-order valence-corrected chi connectivity index (χ2v) is 7.38. The SMILES string of the molecule is CC1(C)O[C@@H]2[C@@H]3C[C@H]([C@@H]2O1)N(Cc1nc2c(F)cccc2[nH]1)C3. The molecule has 122 valence electrons. The van der Waals surface area contributed by atoms with Crippen LogP contribution in [-0.4, -0.2) is 45.4 Å². The monoisotopic (exact) mass is 317 g/mol. The molecular formula is C17H20FN3O2. The summed E-state index contributed by atoms with van der Waals surface area (Å²) in [6, 6.07) is 5.37. The van der Waals surface area contributed by atoms with Crippen LogP contribution in [0.3, 0.4) is 0 Å². The van der Waals surface area contributed by atoms with Gasteiger partial charge in [-0.3, -0.25) is 4.90 Å². The first-order valence-corrected chi connectivity index (χ1v) is 8.23. The Balaban J connectivity index is 1.38. The highest BCUT2D eigenvalue weighted by Crippen LogP contribution is 2.48. The normalized spacial score (nSPS) is 35.3. The van der Waals surface area contributed by atoms with Crippen LogP contribution >= 0.6 is 0 Å². The van der Waals surface area contributed by atoms with Crippen LogP contribution in [0.5, 0.6) is 0 Å². The van der Waals surface area contributed by atoms with Crippen LogP contribution in [0.1, 0.15) is 26.1 Å². The summed E-state index contributed by atoms with van der Waals surface area (Å²) in [5.41, 5.74) is 1.18. The van der Waals surface area contributed by atoms with Gasteiger partial charge in [0.1, 0.15) is 17.4 Å². The summed E-state index contributed by atoms with van der Waals surface area (Å²) in [6.45, 7) is 5.65. The van der Waals surface area contributed by atoms with Gasteiger partial charge in [-0.15, -0.1) is 0 Å². The molecule has 0 unspecified atom stereocenters. The van der Waals surface area contributed by atoms with E-state index in [0.29, 0.717) is 24.0 Å². The number of aromatic amines is 1. The van der Waals surface area contributed by atoms with Gasteiger partial charge in [0.15, 0.2) is 11.6 Å². The van der Waals surface area contributed by atoms with E-state index in [-0.39, 0.29) is 18.0 Å². The molecule has 1 aromatic heterocycles. The maximum atomic E-state index is 13.8. The molecule has 5 nitrogen and oxygen atoms in total. The van der Waals surface area contributed by atoms with E-state index in [1.165, 1.54) is 6.07 Å². The van der Waals surface area contributed by atoms with Gasteiger partial charge in [0.05, 0.1) is 18.2 Å². The lowest BCUT2D eigenvalue weighted by molar-refractivity contribution is -0.155. The van der Waals surface area contributed by atoms with Crippen molar-refractivity contribution in [3.05, 3.63) is 29.8 Å². The number of halogens is 1. The molecule has 0 spiro atoms. The first-order valence-electron chi connectivity index (χ1n) is 8.23. The molecule has 2 aliphatic heterocycles. The van der Waals surface area contributed by atoms with E-state index in [4.69, 9.17) is 9.47 Å². The van der Waals surface area contributed by atoms with Crippen LogP contribution in [0, 0.1) is 11.7 Å². The molecule has 5 rings (SSSR count). The van der Waals surface area contributed by atoms with Crippen molar-refractivity contribution >= 4 is 11.0 Å². The molecule has 23 heavy (non-hydrogen) atoms. The van der Waals surface area contributed by atoms with Gasteiger partial charge in [-0.2, -0.15) is 0 Å². The summed E-state index contributed by atoms with van der Waals surface area (Å²) in [4.78, 5) is 10.1. The van der Waals surface area contributed by atoms with Crippen molar-refractivity contribution in [3.63, 3.8) is 0 Å². The lowest BCUT2D eigenvalue weighted by Gasteiger charge is -2.32. The van der Waals surface area contributed by atoms with Gasteiger partial charge >= 0.3 is 0 Å². The van der Waals surface area contributed by atoms with Gasteiger partial charge in [-0.25, -0.2) is 9.37 Å². The predicted molar refractivity (Wildman–Crippen MR) is 82.2 cm³/mol. The lowest BCUT2D eigenvalue weighted by Crippen LogP contribution is -2.46. The summed E-state index contributed by atoms with van der Waals surface area (Å²) < 4.78 is 25.9. The van der Waals surface area contributed by atoms with E-state index >= 15 is 0 Å². The molecule has 1 aromatic carbocycles. The number of nitrogens with zero attached hydrogens (tertiary/aromatic N) is 2. The number of ether oxygens (including phenoxy) is 2. The summed E-state index contributed by atoms with van der Waals surface area (Å²) in [5.74, 6) is 0.577. The fraction of sp³-hybridized carbons (Fsp3) is 0.588. The standard InChI is InChI=1S/C17H20FN3O2/c1-17(2)22-15-9-6-12(16(15)23-17)21(7-9)8-13-19-11-5-3-4-10(18)14(11)20-13/h3-5,9,12,15-16H,6-8H2,1-2H3,(H,19,20)/t9-,12-,15-,16+/m1/s1. The zero-order chi connectivity index (χ0) is 15.8. The van der Waals surface area contributed by atoms with E-state index in [1.807, 2.05) is 19.9 Å². The zero-order valence-corrected chi connectivity index (χ0v) is 13.3. The van der Waals surface area contributed by atoms with Gasteiger partial charge in [0, 0.05) is 18.5 Å². The molecule has 4 atom stereocenters. The molecule has 3 fully saturated rings. The molecule has 2 bridgehead atoms. The molecule has 0 radical (unpaired) electrons. The summed E-state index contributed by atoms with van der Waals surface area (Å²) >= 11 is 0. The third-order valence-corrected chi connectivity index (χ3v) is 5.36. The van der Waals surface area contributed by atoms with Crippen LogP contribution in [0.2, 0.25) is 0 Å². The summed E-state index contributed by atoms with van der Waals surface area (Å²) in [5, 5.41) is 0. The molecular weight excluding hydrogens is 297 g/mol. The van der Waals surface area contributed by atoms with Crippen LogP contribution in [0.25, 0.3) is 11.0 Å². The predicted octanol–water partition coefficient (Wildman–Crippen LogP) is 2.43. The van der Waals surface area contributed by atoms with Crippen LogP contribution < -0.4 is 0 Å². The lowest BCUT2D eigenvalue weighted by atomic mass is 10.0. The van der Waals surface area contributed by atoms with Gasteiger partial charge in [0.25, 0.3) is 0 Å². The third-order valence-electron chi connectivity index (χ3n) is 5.36. The number of hydrogen-bond donors (Lipinski definition) is 1. The first-order chi connectivity index (χ1) is 11.0. The topological polar surface area (TPSA) is 50.4 Å². The largest absolute Gasteiger partial charge is 0.344 e. The minimum absolute atomic E-state index is 0.143. The Hall–Kier alpha value is -1.50. The smallest absolute Gasteiger partial charge is 0.163 e. The molecule has 6 heteroatoms. The van der Waals surface area contributed by atoms with Crippen LogP contribution in [-0.2, 0) is 16.0 Å². The van der Waals surface area contributed by atoms with Crippen molar-refractivity contribution in [2.45, 2.75) is 50.8 Å². The van der Waals surface area contributed by atoms with Crippen molar-refractivity contribution < 1.29 is 13.9 Å². The molecule has 1 aliphatic carbocycles. The number of benzene rings is 1. The molecule has 2 saturated heterocycles. The van der Waals surface area contributed by atoms with Crippen molar-refractivity contribution in [1.29, 1.82) is 0 Å².